The molecule has 0 unspecified atom stereocenters. The van der Waals surface area contributed by atoms with Crippen LogP contribution in [0, 0.1) is 11.6 Å². The molecule has 0 bridgehead atoms. The average Bonchev–Trinajstić information content (AvgIpc) is 3.42. The van der Waals surface area contributed by atoms with E-state index in [0.29, 0.717) is 41.8 Å². The largest absolute Gasteiger partial charge is 0.479 e. The average molecular weight is 499 g/mol. The first kappa shape index (κ1) is 24.3. The molecule has 1 aliphatic rings. The number of hydrogen-bond acceptors (Lipinski definition) is 5. The highest BCUT2D eigenvalue weighted by atomic mass is 19.2. The quantitative estimate of drug-likeness (QED) is 0.394. The number of fused-ring (bicyclic) bond motifs is 2. The number of carboxylic acids is 1. The van der Waals surface area contributed by atoms with Gasteiger partial charge in [-0.25, -0.2) is 18.6 Å². The van der Waals surface area contributed by atoms with E-state index in [1.807, 2.05) is 24.5 Å². The summed E-state index contributed by atoms with van der Waals surface area (Å²) in [6, 6.07) is 5.73. The molecule has 0 saturated carbocycles. The molecule has 2 N–H and O–H groups in total. The summed E-state index contributed by atoms with van der Waals surface area (Å²) >= 11 is 0. The van der Waals surface area contributed by atoms with Crippen LogP contribution in [0.2, 0.25) is 0 Å². The normalized spacial score (nSPS) is 20.9. The summed E-state index contributed by atoms with van der Waals surface area (Å²) in [5.74, 6) is -3.06. The van der Waals surface area contributed by atoms with Crippen LogP contribution in [0.5, 0.6) is 0 Å². The third-order valence-corrected chi connectivity index (χ3v) is 7.12. The van der Waals surface area contributed by atoms with Crippen LogP contribution in [0.25, 0.3) is 27.8 Å². The Morgan fingerprint density at radius 2 is 2.11 bits per heavy atom. The number of ether oxygens (including phenoxy) is 2. The number of nitrogens with zero attached hydrogens (tertiary/aromatic N) is 3. The fourth-order valence-electron chi connectivity index (χ4n) is 5.25. The van der Waals surface area contributed by atoms with Crippen LogP contribution >= 0.6 is 0 Å². The summed E-state index contributed by atoms with van der Waals surface area (Å²) in [4.78, 5) is 16.7. The number of benzene rings is 1. The van der Waals surface area contributed by atoms with Gasteiger partial charge in [0, 0.05) is 46.8 Å². The SMILES string of the molecule is COCC(C)(C)c1c([C@H]2CC[C@](C)(C(=O)O)OC2)c2nc3[nH]ncc3cc2n1-c1ccc(F)c(F)c1. The number of hydrogen-bond donors (Lipinski definition) is 2. The molecule has 8 nitrogen and oxygen atoms in total. The second-order valence-corrected chi connectivity index (χ2v) is 10.3. The second kappa shape index (κ2) is 8.63. The van der Waals surface area contributed by atoms with Crippen LogP contribution in [0.3, 0.4) is 0 Å². The number of carbonyl (C=O) groups is 1. The molecule has 1 aromatic carbocycles. The van der Waals surface area contributed by atoms with Gasteiger partial charge in [0.05, 0.1) is 30.4 Å². The van der Waals surface area contributed by atoms with Crippen LogP contribution in [-0.4, -0.2) is 56.7 Å². The standard InChI is InChI=1S/C26H28F2N4O4/c1-25(2,13-35-4)22-20(14-7-8-26(3,24(33)34)36-12-14)21-19(9-15-11-29-31-23(15)30-21)32(22)16-5-6-17(27)18(28)10-16/h5-6,9-11,14H,7-8,12-13H2,1-4H3,(H,33,34)(H,29,30,31)/t14-,26+/m0/s1. The van der Waals surface area contributed by atoms with Crippen molar-refractivity contribution in [3.05, 3.63) is 53.4 Å². The van der Waals surface area contributed by atoms with Crippen molar-refractivity contribution in [3.8, 4) is 5.69 Å². The van der Waals surface area contributed by atoms with Gasteiger partial charge in [-0.2, -0.15) is 5.10 Å². The molecule has 0 spiro atoms. The van der Waals surface area contributed by atoms with E-state index < -0.39 is 28.6 Å². The molecular weight excluding hydrogens is 470 g/mol. The van der Waals surface area contributed by atoms with Crippen LogP contribution < -0.4 is 0 Å². The van der Waals surface area contributed by atoms with Crippen molar-refractivity contribution in [2.75, 3.05) is 20.3 Å². The van der Waals surface area contributed by atoms with E-state index in [1.54, 1.807) is 20.2 Å². The number of H-pyrrole nitrogens is 1. The fourth-order valence-corrected chi connectivity index (χ4v) is 5.25. The van der Waals surface area contributed by atoms with Gasteiger partial charge in [0.1, 0.15) is 0 Å². The van der Waals surface area contributed by atoms with Crippen molar-refractivity contribution < 1.29 is 28.2 Å². The van der Waals surface area contributed by atoms with Crippen molar-refractivity contribution in [1.82, 2.24) is 19.7 Å². The molecule has 0 aliphatic carbocycles. The van der Waals surface area contributed by atoms with Gasteiger partial charge < -0.3 is 19.1 Å². The van der Waals surface area contributed by atoms with E-state index in [0.717, 1.165) is 22.7 Å². The monoisotopic (exact) mass is 498 g/mol. The first-order valence-corrected chi connectivity index (χ1v) is 11.8. The van der Waals surface area contributed by atoms with Crippen LogP contribution in [0.15, 0.2) is 30.5 Å². The lowest BCUT2D eigenvalue weighted by atomic mass is 9.80. The van der Waals surface area contributed by atoms with E-state index >= 15 is 0 Å². The molecule has 190 valence electrons. The van der Waals surface area contributed by atoms with E-state index in [4.69, 9.17) is 14.5 Å². The predicted octanol–water partition coefficient (Wildman–Crippen LogP) is 4.84. The first-order valence-electron chi connectivity index (χ1n) is 11.8. The van der Waals surface area contributed by atoms with E-state index in [9.17, 15) is 18.7 Å². The van der Waals surface area contributed by atoms with Gasteiger partial charge in [-0.15, -0.1) is 0 Å². The van der Waals surface area contributed by atoms with Crippen LogP contribution in [-0.2, 0) is 19.7 Å². The molecule has 0 amide bonds. The third-order valence-electron chi connectivity index (χ3n) is 7.12. The zero-order valence-corrected chi connectivity index (χ0v) is 20.6. The number of rotatable bonds is 6. The lowest BCUT2D eigenvalue weighted by molar-refractivity contribution is -0.170. The molecule has 0 radical (unpaired) electrons. The van der Waals surface area contributed by atoms with Gasteiger partial charge in [-0.05, 0) is 38.0 Å². The van der Waals surface area contributed by atoms with Gasteiger partial charge in [0.25, 0.3) is 0 Å². The number of methoxy groups -OCH3 is 1. The number of nitrogens with one attached hydrogen (secondary N) is 1. The van der Waals surface area contributed by atoms with Crippen molar-refractivity contribution in [1.29, 1.82) is 0 Å². The molecule has 2 atom stereocenters. The highest BCUT2D eigenvalue weighted by Gasteiger charge is 2.42. The number of aromatic nitrogens is 4. The summed E-state index contributed by atoms with van der Waals surface area (Å²) in [6.45, 7) is 6.14. The number of carboxylic acid groups (broad SMARTS) is 1. The minimum atomic E-state index is -1.26. The smallest absolute Gasteiger partial charge is 0.335 e. The number of halogens is 2. The highest BCUT2D eigenvalue weighted by Crippen LogP contribution is 2.45. The lowest BCUT2D eigenvalue weighted by Crippen LogP contribution is -2.43. The Kier molecular flexibility index (Phi) is 5.83. The maximum absolute atomic E-state index is 14.4. The van der Waals surface area contributed by atoms with E-state index in [2.05, 4.69) is 10.2 Å². The van der Waals surface area contributed by atoms with E-state index in [1.165, 1.54) is 12.1 Å². The second-order valence-electron chi connectivity index (χ2n) is 10.3. The number of pyridine rings is 1. The Morgan fingerprint density at radius 1 is 1.33 bits per heavy atom. The Balaban J connectivity index is 1.82. The third kappa shape index (κ3) is 3.84. The summed E-state index contributed by atoms with van der Waals surface area (Å²) in [7, 11) is 1.61. The zero-order chi connectivity index (χ0) is 25.8. The van der Waals surface area contributed by atoms with Gasteiger partial charge in [0.2, 0.25) is 0 Å². The minimum absolute atomic E-state index is 0.175. The first-order chi connectivity index (χ1) is 17.1. The Bertz CT molecular complexity index is 1470. The topological polar surface area (TPSA) is 102 Å². The van der Waals surface area contributed by atoms with Crippen LogP contribution in [0.1, 0.15) is 50.8 Å². The molecule has 1 fully saturated rings. The molecule has 4 aromatic rings. The van der Waals surface area contributed by atoms with Gasteiger partial charge in [-0.1, -0.05) is 13.8 Å². The van der Waals surface area contributed by atoms with Crippen molar-refractivity contribution in [3.63, 3.8) is 0 Å². The van der Waals surface area contributed by atoms with Crippen molar-refractivity contribution in [2.45, 2.75) is 50.5 Å². The summed E-state index contributed by atoms with van der Waals surface area (Å²) in [5, 5.41) is 17.4. The van der Waals surface area contributed by atoms with Gasteiger partial charge in [-0.3, -0.25) is 5.10 Å². The maximum Gasteiger partial charge on any atom is 0.335 e. The van der Waals surface area contributed by atoms with Gasteiger partial charge in [0.15, 0.2) is 22.9 Å². The highest BCUT2D eigenvalue weighted by molar-refractivity contribution is 5.94. The zero-order valence-electron chi connectivity index (χ0n) is 20.6. The molecular formula is C26H28F2N4O4. The Labute approximate surface area is 206 Å². The van der Waals surface area contributed by atoms with Crippen molar-refractivity contribution in [2.24, 2.45) is 0 Å². The lowest BCUT2D eigenvalue weighted by Gasteiger charge is -2.36. The number of aliphatic carboxylic acids is 1. The van der Waals surface area contributed by atoms with Crippen LogP contribution in [0.4, 0.5) is 8.78 Å². The van der Waals surface area contributed by atoms with E-state index in [-0.39, 0.29) is 12.5 Å². The Morgan fingerprint density at radius 3 is 2.75 bits per heavy atom. The molecule has 36 heavy (non-hydrogen) atoms. The molecule has 3 aromatic heterocycles. The molecule has 10 heteroatoms. The molecule has 1 saturated heterocycles. The summed E-state index contributed by atoms with van der Waals surface area (Å²) in [6.07, 6.45) is 2.53. The summed E-state index contributed by atoms with van der Waals surface area (Å²) < 4.78 is 41.7. The predicted molar refractivity (Wildman–Crippen MR) is 130 cm³/mol. The maximum atomic E-state index is 14.4. The molecule has 1 aliphatic heterocycles. The van der Waals surface area contributed by atoms with Gasteiger partial charge >= 0.3 is 5.97 Å². The molecule has 5 rings (SSSR count). The Hall–Kier alpha value is -3.37. The molecule has 4 heterocycles. The van der Waals surface area contributed by atoms with Crippen molar-refractivity contribution >= 4 is 28.0 Å². The minimum Gasteiger partial charge on any atom is -0.479 e. The number of aromatic amines is 1. The summed E-state index contributed by atoms with van der Waals surface area (Å²) in [5.41, 5.74) is 2.28. The fraction of sp³-hybridized carbons (Fsp3) is 0.423.